The minimum absolute atomic E-state index is 0.0231. The maximum atomic E-state index is 6.08. The van der Waals surface area contributed by atoms with Crippen molar-refractivity contribution in [1.29, 1.82) is 0 Å². The van der Waals surface area contributed by atoms with Gasteiger partial charge in [0.25, 0.3) is 0 Å². The van der Waals surface area contributed by atoms with Gasteiger partial charge in [-0.2, -0.15) is 0 Å². The summed E-state index contributed by atoms with van der Waals surface area (Å²) < 4.78 is 6.40. The summed E-state index contributed by atoms with van der Waals surface area (Å²) in [5, 5.41) is 3.65. The average molecular weight is 338 g/mol. The molecule has 2 atom stereocenters. The second-order valence-electron chi connectivity index (χ2n) is 4.93. The van der Waals surface area contributed by atoms with Crippen LogP contribution >= 0.6 is 34.3 Å². The number of nitrogens with one attached hydrogen (secondary N) is 1. The lowest BCUT2D eigenvalue weighted by molar-refractivity contribution is 0.424. The van der Waals surface area contributed by atoms with E-state index in [9.17, 15) is 0 Å². The Labute approximate surface area is 137 Å². The number of hydrogen-bond acceptors (Lipinski definition) is 4. The molecule has 3 rings (SSSR count). The van der Waals surface area contributed by atoms with Crippen molar-refractivity contribution in [1.82, 2.24) is 5.32 Å². The van der Waals surface area contributed by atoms with E-state index in [2.05, 4.69) is 37.4 Å². The van der Waals surface area contributed by atoms with E-state index in [0.717, 1.165) is 15.0 Å². The predicted molar refractivity (Wildman–Crippen MR) is 90.5 cm³/mol. The molecule has 3 aromatic rings. The van der Waals surface area contributed by atoms with Crippen LogP contribution in [0.15, 0.2) is 47.1 Å². The highest BCUT2D eigenvalue weighted by Crippen LogP contribution is 2.34. The van der Waals surface area contributed by atoms with Gasteiger partial charge in [0, 0.05) is 20.7 Å². The highest BCUT2D eigenvalue weighted by atomic mass is 35.5. The molecule has 110 valence electrons. The average Bonchev–Trinajstić information content (AvgIpc) is 3.17. The highest BCUT2D eigenvalue weighted by molar-refractivity contribution is 7.16. The zero-order valence-corrected chi connectivity index (χ0v) is 14.2. The number of hydrogen-bond donors (Lipinski definition) is 1. The molecule has 0 amide bonds. The van der Waals surface area contributed by atoms with Gasteiger partial charge in [0.05, 0.1) is 10.6 Å². The molecule has 0 radical (unpaired) electrons. The summed E-state index contributed by atoms with van der Waals surface area (Å²) in [5.41, 5.74) is 0. The fraction of sp³-hybridized carbons (Fsp3) is 0.250. The summed E-state index contributed by atoms with van der Waals surface area (Å²) in [5.74, 6) is 0.911. The van der Waals surface area contributed by atoms with Crippen LogP contribution in [-0.4, -0.2) is 0 Å². The number of furan rings is 1. The lowest BCUT2D eigenvalue weighted by atomic mass is 10.1. The molecule has 2 nitrogen and oxygen atoms in total. The smallest absolute Gasteiger partial charge is 0.126 e. The molecule has 0 aliphatic rings. The van der Waals surface area contributed by atoms with Crippen molar-refractivity contribution >= 4 is 34.3 Å². The Morgan fingerprint density at radius 3 is 2.48 bits per heavy atom. The molecule has 3 heterocycles. The van der Waals surface area contributed by atoms with Gasteiger partial charge in [0.1, 0.15) is 11.8 Å². The van der Waals surface area contributed by atoms with Gasteiger partial charge < -0.3 is 4.42 Å². The van der Waals surface area contributed by atoms with Gasteiger partial charge in [0.15, 0.2) is 0 Å². The fourth-order valence-electron chi connectivity index (χ4n) is 2.26. The molecular weight excluding hydrogens is 322 g/mol. The quantitative estimate of drug-likeness (QED) is 0.636. The lowest BCUT2D eigenvalue weighted by Gasteiger charge is -2.20. The molecule has 21 heavy (non-hydrogen) atoms. The lowest BCUT2D eigenvalue weighted by Crippen LogP contribution is -2.24. The van der Waals surface area contributed by atoms with E-state index >= 15 is 0 Å². The first-order valence-corrected chi connectivity index (χ1v) is 8.75. The SMILES string of the molecule is Cc1ccc(C(C)NC(c2ccco2)c2ccc(Cl)s2)s1. The summed E-state index contributed by atoms with van der Waals surface area (Å²) in [6, 6.07) is 12.5. The molecule has 3 aromatic heterocycles. The third-order valence-corrected chi connectivity index (χ3v) is 5.79. The Balaban J connectivity index is 1.86. The second kappa shape index (κ2) is 6.36. The van der Waals surface area contributed by atoms with Crippen molar-refractivity contribution < 1.29 is 4.42 Å². The van der Waals surface area contributed by atoms with Crippen LogP contribution < -0.4 is 5.32 Å². The van der Waals surface area contributed by atoms with Crippen LogP contribution in [0, 0.1) is 6.92 Å². The van der Waals surface area contributed by atoms with Crippen molar-refractivity contribution in [2.75, 3.05) is 0 Å². The standard InChI is InChI=1S/C16H16ClNOS2/c1-10-5-6-13(20-10)11(2)18-16(12-4-3-9-19-12)14-7-8-15(17)21-14/h3-9,11,16,18H,1-2H3. The Hall–Kier alpha value is -1.07. The first-order valence-electron chi connectivity index (χ1n) is 6.74. The maximum Gasteiger partial charge on any atom is 0.126 e. The van der Waals surface area contributed by atoms with Crippen LogP contribution in [0.3, 0.4) is 0 Å². The van der Waals surface area contributed by atoms with Crippen molar-refractivity contribution in [3.8, 4) is 0 Å². The first-order chi connectivity index (χ1) is 10.1. The van der Waals surface area contributed by atoms with Gasteiger partial charge in [0.2, 0.25) is 0 Å². The molecular formula is C16H16ClNOS2. The van der Waals surface area contributed by atoms with Crippen LogP contribution in [0.1, 0.15) is 39.4 Å². The third kappa shape index (κ3) is 3.40. The highest BCUT2D eigenvalue weighted by Gasteiger charge is 2.22. The number of thiophene rings is 2. The zero-order valence-electron chi connectivity index (χ0n) is 11.8. The molecule has 0 saturated heterocycles. The predicted octanol–water partition coefficient (Wildman–Crippen LogP) is 5.80. The molecule has 5 heteroatoms. The van der Waals surface area contributed by atoms with Gasteiger partial charge in [-0.3, -0.25) is 5.32 Å². The summed E-state index contributed by atoms with van der Waals surface area (Å²) in [6.45, 7) is 4.31. The molecule has 0 fully saturated rings. The summed E-state index contributed by atoms with van der Waals surface area (Å²) in [6.07, 6.45) is 1.71. The van der Waals surface area contributed by atoms with Crippen molar-refractivity contribution in [2.24, 2.45) is 0 Å². The molecule has 0 aliphatic heterocycles. The van der Waals surface area contributed by atoms with E-state index in [1.165, 1.54) is 9.75 Å². The van der Waals surface area contributed by atoms with E-state index in [0.29, 0.717) is 0 Å². The Morgan fingerprint density at radius 1 is 1.10 bits per heavy atom. The summed E-state index contributed by atoms with van der Waals surface area (Å²) in [7, 11) is 0. The number of aryl methyl sites for hydroxylation is 1. The van der Waals surface area contributed by atoms with E-state index < -0.39 is 0 Å². The molecule has 0 aliphatic carbocycles. The fourth-order valence-corrected chi connectivity index (χ4v) is 4.28. The van der Waals surface area contributed by atoms with E-state index in [1.54, 1.807) is 17.6 Å². The van der Waals surface area contributed by atoms with Gasteiger partial charge in [-0.15, -0.1) is 22.7 Å². The minimum Gasteiger partial charge on any atom is -0.467 e. The van der Waals surface area contributed by atoms with Crippen LogP contribution in [-0.2, 0) is 0 Å². The van der Waals surface area contributed by atoms with Crippen molar-refractivity contribution in [2.45, 2.75) is 25.9 Å². The van der Waals surface area contributed by atoms with Gasteiger partial charge in [-0.1, -0.05) is 11.6 Å². The monoisotopic (exact) mass is 337 g/mol. The van der Waals surface area contributed by atoms with E-state index in [4.69, 9.17) is 16.0 Å². The molecule has 0 aromatic carbocycles. The topological polar surface area (TPSA) is 25.2 Å². The zero-order chi connectivity index (χ0) is 14.8. The summed E-state index contributed by atoms with van der Waals surface area (Å²) >= 11 is 9.49. The van der Waals surface area contributed by atoms with Crippen molar-refractivity contribution in [3.63, 3.8) is 0 Å². The second-order valence-corrected chi connectivity index (χ2v) is 7.99. The largest absolute Gasteiger partial charge is 0.467 e. The molecule has 2 unspecified atom stereocenters. The van der Waals surface area contributed by atoms with Gasteiger partial charge >= 0.3 is 0 Å². The normalized spacial score (nSPS) is 14.2. The number of halogens is 1. The van der Waals surface area contributed by atoms with Crippen LogP contribution in [0.25, 0.3) is 0 Å². The van der Waals surface area contributed by atoms with E-state index in [1.807, 2.05) is 29.5 Å². The molecule has 1 N–H and O–H groups in total. The Kier molecular flexibility index (Phi) is 4.50. The maximum absolute atomic E-state index is 6.08. The van der Waals surface area contributed by atoms with Gasteiger partial charge in [-0.25, -0.2) is 0 Å². The molecule has 0 spiro atoms. The van der Waals surface area contributed by atoms with Gasteiger partial charge in [-0.05, 0) is 50.2 Å². The third-order valence-electron chi connectivity index (χ3n) is 3.31. The van der Waals surface area contributed by atoms with Crippen molar-refractivity contribution in [3.05, 3.63) is 67.4 Å². The van der Waals surface area contributed by atoms with E-state index in [-0.39, 0.29) is 12.1 Å². The van der Waals surface area contributed by atoms with Crippen LogP contribution in [0.2, 0.25) is 4.34 Å². The Morgan fingerprint density at radius 2 is 1.90 bits per heavy atom. The molecule has 0 saturated carbocycles. The Bertz CT molecular complexity index is 702. The van der Waals surface area contributed by atoms with Crippen LogP contribution in [0.4, 0.5) is 0 Å². The summed E-state index contributed by atoms with van der Waals surface area (Å²) in [4.78, 5) is 3.81. The first kappa shape index (κ1) is 14.9. The number of rotatable bonds is 5. The molecule has 0 bridgehead atoms. The minimum atomic E-state index is 0.0231. The van der Waals surface area contributed by atoms with Crippen LogP contribution in [0.5, 0.6) is 0 Å².